The zero-order valence-corrected chi connectivity index (χ0v) is 9.17. The molecule has 0 bridgehead atoms. The van der Waals surface area contributed by atoms with Crippen LogP contribution >= 0.6 is 0 Å². The minimum atomic E-state index is -0.532. The Kier molecular flexibility index (Phi) is 3.23. The zero-order chi connectivity index (χ0) is 12.4. The van der Waals surface area contributed by atoms with Crippen molar-refractivity contribution in [1.82, 2.24) is 0 Å². The summed E-state index contributed by atoms with van der Waals surface area (Å²) in [5.41, 5.74) is 0.120. The van der Waals surface area contributed by atoms with Crippen molar-refractivity contribution in [3.05, 3.63) is 34.1 Å². The number of hydrogen-bond donors (Lipinski definition) is 1. The number of aliphatic hydroxyl groups is 1. The average molecular weight is 240 g/mol. The largest absolute Gasteiger partial charge is 0.391 e. The van der Waals surface area contributed by atoms with Gasteiger partial charge in [-0.25, -0.2) is 4.39 Å². The van der Waals surface area contributed by atoms with Gasteiger partial charge < -0.3 is 10.0 Å². The summed E-state index contributed by atoms with van der Waals surface area (Å²) in [6, 6.07) is 3.38. The molecule has 1 aromatic carbocycles. The molecule has 0 amide bonds. The van der Waals surface area contributed by atoms with Crippen LogP contribution in [-0.2, 0) is 0 Å². The molecule has 0 aromatic heterocycles. The van der Waals surface area contributed by atoms with Crippen LogP contribution in [0.3, 0.4) is 0 Å². The number of benzene rings is 1. The minimum absolute atomic E-state index is 0.125. The molecule has 0 spiro atoms. The van der Waals surface area contributed by atoms with E-state index in [9.17, 15) is 19.6 Å². The number of nitrogens with zero attached hydrogens (tertiary/aromatic N) is 2. The third-order valence-electron chi connectivity index (χ3n) is 2.87. The molecule has 1 aromatic rings. The summed E-state index contributed by atoms with van der Waals surface area (Å²) in [4.78, 5) is 12.0. The van der Waals surface area contributed by atoms with Crippen molar-refractivity contribution in [2.24, 2.45) is 0 Å². The number of β-amino-alcohol motifs (C(OH)–C–C–N with tert-alkyl or cyclic N) is 1. The first-order chi connectivity index (χ1) is 8.08. The minimum Gasteiger partial charge on any atom is -0.391 e. The maximum atomic E-state index is 13.2. The van der Waals surface area contributed by atoms with Crippen molar-refractivity contribution in [1.29, 1.82) is 0 Å². The van der Waals surface area contributed by atoms with E-state index < -0.39 is 16.8 Å². The number of nitro groups is 1. The molecule has 0 saturated carbocycles. The molecule has 6 heteroatoms. The Labute approximate surface area is 97.6 Å². The summed E-state index contributed by atoms with van der Waals surface area (Å²) in [7, 11) is 0. The van der Waals surface area contributed by atoms with Crippen LogP contribution in [0.15, 0.2) is 18.2 Å². The van der Waals surface area contributed by atoms with Gasteiger partial charge in [0.05, 0.1) is 11.0 Å². The highest BCUT2D eigenvalue weighted by Gasteiger charge is 2.24. The van der Waals surface area contributed by atoms with Crippen LogP contribution in [0.25, 0.3) is 0 Å². The van der Waals surface area contributed by atoms with Crippen molar-refractivity contribution < 1.29 is 14.4 Å². The van der Waals surface area contributed by atoms with Crippen LogP contribution in [0.4, 0.5) is 15.8 Å². The highest BCUT2D eigenvalue weighted by atomic mass is 19.1. The molecule has 2 rings (SSSR count). The normalized spacial score (nSPS) is 20.4. The van der Waals surface area contributed by atoms with E-state index in [1.807, 2.05) is 0 Å². The van der Waals surface area contributed by atoms with Gasteiger partial charge in [-0.15, -0.1) is 0 Å². The Morgan fingerprint density at radius 2 is 2.29 bits per heavy atom. The fourth-order valence-electron chi connectivity index (χ4n) is 2.08. The standard InChI is InChI=1S/C11H13FN2O3/c12-8-3-4-10(14(16)17)11(6-8)13-5-1-2-9(15)7-13/h3-4,6,9,15H,1-2,5,7H2. The summed E-state index contributed by atoms with van der Waals surface area (Å²) in [6.45, 7) is 0.908. The predicted octanol–water partition coefficient (Wildman–Crippen LogP) is 1.69. The highest BCUT2D eigenvalue weighted by Crippen LogP contribution is 2.30. The Bertz CT molecular complexity index is 439. The topological polar surface area (TPSA) is 66.6 Å². The van der Waals surface area contributed by atoms with Crippen LogP contribution in [0.1, 0.15) is 12.8 Å². The fourth-order valence-corrected chi connectivity index (χ4v) is 2.08. The Hall–Kier alpha value is -1.69. The molecule has 1 heterocycles. The molecule has 1 aliphatic heterocycles. The van der Waals surface area contributed by atoms with E-state index in [0.717, 1.165) is 24.6 Å². The number of hydrogen-bond acceptors (Lipinski definition) is 4. The summed E-state index contributed by atoms with van der Waals surface area (Å²) in [5, 5.41) is 20.4. The Morgan fingerprint density at radius 1 is 1.53 bits per heavy atom. The van der Waals surface area contributed by atoms with Crippen molar-refractivity contribution in [2.45, 2.75) is 18.9 Å². The first kappa shape index (κ1) is 11.8. The van der Waals surface area contributed by atoms with E-state index in [4.69, 9.17) is 0 Å². The molecule has 17 heavy (non-hydrogen) atoms. The summed E-state index contributed by atoms with van der Waals surface area (Å²) < 4.78 is 13.2. The van der Waals surface area contributed by atoms with E-state index >= 15 is 0 Å². The predicted molar refractivity (Wildman–Crippen MR) is 60.5 cm³/mol. The van der Waals surface area contributed by atoms with Gasteiger partial charge in [0.15, 0.2) is 0 Å². The van der Waals surface area contributed by atoms with E-state index in [1.165, 1.54) is 0 Å². The van der Waals surface area contributed by atoms with Crippen molar-refractivity contribution in [3.8, 4) is 0 Å². The molecular formula is C11H13FN2O3. The Balaban J connectivity index is 2.35. The SMILES string of the molecule is O=[N+]([O-])c1ccc(F)cc1N1CCCC(O)C1. The van der Waals surface area contributed by atoms with Crippen LogP contribution in [0.5, 0.6) is 0 Å². The van der Waals surface area contributed by atoms with E-state index in [2.05, 4.69) is 0 Å². The summed E-state index contributed by atoms with van der Waals surface area (Å²) in [6.07, 6.45) is 0.917. The zero-order valence-electron chi connectivity index (χ0n) is 9.17. The van der Waals surface area contributed by atoms with Crippen LogP contribution in [-0.4, -0.2) is 29.2 Å². The third kappa shape index (κ3) is 2.52. The molecule has 0 radical (unpaired) electrons. The molecule has 1 N–H and O–H groups in total. The van der Waals surface area contributed by atoms with Gasteiger partial charge in [0.25, 0.3) is 5.69 Å². The molecule has 0 aliphatic carbocycles. The maximum absolute atomic E-state index is 13.2. The van der Waals surface area contributed by atoms with Gasteiger partial charge in [-0.2, -0.15) is 0 Å². The van der Waals surface area contributed by atoms with Crippen molar-refractivity contribution in [3.63, 3.8) is 0 Å². The smallest absolute Gasteiger partial charge is 0.292 e. The molecular weight excluding hydrogens is 227 g/mol. The van der Waals surface area contributed by atoms with Crippen LogP contribution < -0.4 is 4.90 Å². The van der Waals surface area contributed by atoms with E-state index in [-0.39, 0.29) is 11.4 Å². The highest BCUT2D eigenvalue weighted by molar-refractivity contribution is 5.63. The van der Waals surface area contributed by atoms with Gasteiger partial charge in [-0.1, -0.05) is 0 Å². The third-order valence-corrected chi connectivity index (χ3v) is 2.87. The quantitative estimate of drug-likeness (QED) is 0.631. The first-order valence-electron chi connectivity index (χ1n) is 5.45. The fraction of sp³-hybridized carbons (Fsp3) is 0.455. The second kappa shape index (κ2) is 4.67. The molecule has 1 atom stereocenters. The number of rotatable bonds is 2. The molecule has 92 valence electrons. The number of nitro benzene ring substituents is 1. The lowest BCUT2D eigenvalue weighted by atomic mass is 10.1. The van der Waals surface area contributed by atoms with Gasteiger partial charge in [0, 0.05) is 25.2 Å². The molecule has 1 aliphatic rings. The van der Waals surface area contributed by atoms with Crippen molar-refractivity contribution in [2.75, 3.05) is 18.0 Å². The molecule has 1 saturated heterocycles. The lowest BCUT2D eigenvalue weighted by molar-refractivity contribution is -0.384. The molecule has 5 nitrogen and oxygen atoms in total. The van der Waals surface area contributed by atoms with E-state index in [1.54, 1.807) is 4.90 Å². The maximum Gasteiger partial charge on any atom is 0.292 e. The molecule has 1 unspecified atom stereocenters. The average Bonchev–Trinajstić information content (AvgIpc) is 2.28. The number of anilines is 1. The second-order valence-corrected chi connectivity index (χ2v) is 4.13. The number of piperidine rings is 1. The van der Waals surface area contributed by atoms with E-state index in [0.29, 0.717) is 19.5 Å². The number of halogens is 1. The Morgan fingerprint density at radius 3 is 2.94 bits per heavy atom. The summed E-state index contributed by atoms with van der Waals surface area (Å²) in [5.74, 6) is -0.509. The van der Waals surface area contributed by atoms with Gasteiger partial charge in [0.1, 0.15) is 11.5 Å². The van der Waals surface area contributed by atoms with Gasteiger partial charge in [0.2, 0.25) is 0 Å². The van der Waals surface area contributed by atoms with Gasteiger partial charge in [-0.05, 0) is 18.9 Å². The second-order valence-electron chi connectivity index (χ2n) is 4.13. The lowest BCUT2D eigenvalue weighted by Gasteiger charge is -2.31. The summed E-state index contributed by atoms with van der Waals surface area (Å²) >= 11 is 0. The lowest BCUT2D eigenvalue weighted by Crippen LogP contribution is -2.38. The monoisotopic (exact) mass is 240 g/mol. The first-order valence-corrected chi connectivity index (χ1v) is 5.45. The van der Waals surface area contributed by atoms with Crippen molar-refractivity contribution >= 4 is 11.4 Å². The molecule has 1 fully saturated rings. The van der Waals surface area contributed by atoms with Gasteiger partial charge >= 0.3 is 0 Å². The van der Waals surface area contributed by atoms with Crippen LogP contribution in [0.2, 0.25) is 0 Å². The van der Waals surface area contributed by atoms with Crippen LogP contribution in [0, 0.1) is 15.9 Å². The van der Waals surface area contributed by atoms with Gasteiger partial charge in [-0.3, -0.25) is 10.1 Å². The number of aliphatic hydroxyl groups excluding tert-OH is 1.